The highest BCUT2D eigenvalue weighted by molar-refractivity contribution is 6.31. The first-order valence-corrected chi connectivity index (χ1v) is 17.4. The van der Waals surface area contributed by atoms with Crippen molar-refractivity contribution in [3.05, 3.63) is 34.4 Å². The molecule has 1 fully saturated rings. The maximum Gasteiger partial charge on any atom is 0.277 e. The van der Waals surface area contributed by atoms with E-state index in [0.717, 1.165) is 49.3 Å². The van der Waals surface area contributed by atoms with Gasteiger partial charge < -0.3 is 37.1 Å². The quantitative estimate of drug-likeness (QED) is 0.112. The third-order valence-corrected chi connectivity index (χ3v) is 8.94. The number of ether oxygens (including phenoxy) is 1. The maximum absolute atomic E-state index is 13.2. The number of nitrogens with one attached hydrogen (secondary N) is 3. The number of halogens is 1. The molecule has 15 heteroatoms. The summed E-state index contributed by atoms with van der Waals surface area (Å²) in [6, 6.07) is 3.66. The van der Waals surface area contributed by atoms with Crippen molar-refractivity contribution in [2.45, 2.75) is 91.9 Å². The molecule has 1 saturated heterocycles. The molecular formula is C33H50ClN10O4+. The average molecular weight is 686 g/mol. The molecule has 0 saturated carbocycles. The van der Waals surface area contributed by atoms with Crippen LogP contribution in [-0.4, -0.2) is 76.0 Å². The lowest BCUT2D eigenvalue weighted by molar-refractivity contribution is -0.676. The smallest absolute Gasteiger partial charge is 0.277 e. The first-order chi connectivity index (χ1) is 23.1. The standard InChI is InChI=1S/C33H49ClN10O4/c1-5-9-10-11-14-42-15-12-21(13-16-42)39-26(45)20-48-25-18-24-23(17-22(25)32(46)37-6-2)43(7-3)27(44(24)8-4)19-38-33(47)28-30(35)41-31(36)29(34)40-28/h17-18,21H,5-16,19-20H2,1-4H3,(H6-,35,36,37,38,39,41,45,46,47)/p+1. The summed E-state index contributed by atoms with van der Waals surface area (Å²) in [5.74, 6) is -0.213. The van der Waals surface area contributed by atoms with Gasteiger partial charge in [-0.15, -0.1) is 0 Å². The maximum atomic E-state index is 13.2. The van der Waals surface area contributed by atoms with Gasteiger partial charge in [-0.25, -0.2) is 19.1 Å². The van der Waals surface area contributed by atoms with E-state index in [-0.39, 0.29) is 53.5 Å². The van der Waals surface area contributed by atoms with E-state index < -0.39 is 5.91 Å². The lowest BCUT2D eigenvalue weighted by Crippen LogP contribution is -2.46. The zero-order valence-corrected chi connectivity index (χ0v) is 29.3. The minimum Gasteiger partial charge on any atom is -0.483 e. The lowest BCUT2D eigenvalue weighted by atomic mass is 10.0. The van der Waals surface area contributed by atoms with Gasteiger partial charge in [-0.05, 0) is 46.6 Å². The molecule has 7 N–H and O–H groups in total. The summed E-state index contributed by atoms with van der Waals surface area (Å²) in [7, 11) is 0. The van der Waals surface area contributed by atoms with E-state index in [1.165, 1.54) is 25.7 Å². The fraction of sp³-hybridized carbons (Fsp3) is 0.576. The predicted octanol–water partition coefficient (Wildman–Crippen LogP) is 2.80. The molecule has 1 aliphatic rings. The number of benzene rings is 1. The Bertz CT molecular complexity index is 1600. The number of piperidine rings is 1. The number of nitrogens with two attached hydrogens (primary N) is 2. The molecule has 0 radical (unpaired) electrons. The number of aryl methyl sites for hydroxylation is 2. The summed E-state index contributed by atoms with van der Waals surface area (Å²) >= 11 is 5.98. The molecule has 0 spiro atoms. The van der Waals surface area contributed by atoms with Crippen molar-refractivity contribution in [2.75, 3.05) is 44.3 Å². The topological polar surface area (TPSA) is 186 Å². The van der Waals surface area contributed by atoms with Gasteiger partial charge in [-0.2, -0.15) is 0 Å². The Hall–Kier alpha value is -4.17. The van der Waals surface area contributed by atoms with Crippen LogP contribution in [0.1, 0.15) is 92.9 Å². The summed E-state index contributed by atoms with van der Waals surface area (Å²) in [5.41, 5.74) is 13.3. The van der Waals surface area contributed by atoms with E-state index in [1.807, 2.05) is 29.9 Å². The van der Waals surface area contributed by atoms with Gasteiger partial charge in [-0.3, -0.25) is 14.4 Å². The SMILES string of the molecule is CCCCCCN1CCC(NC(=O)COc2cc3c(cc2C(=O)NCC)[n+](CC)c(CNC(=O)c2nc(Cl)c(N)nc2N)n3CC)CC1. The minimum absolute atomic E-state index is 0.0621. The molecule has 3 amide bonds. The second-order valence-corrected chi connectivity index (χ2v) is 12.3. The average Bonchev–Trinajstić information content (AvgIpc) is 3.37. The van der Waals surface area contributed by atoms with Crippen molar-refractivity contribution in [2.24, 2.45) is 0 Å². The Morgan fingerprint density at radius 1 is 1.00 bits per heavy atom. The first-order valence-electron chi connectivity index (χ1n) is 17.0. The summed E-state index contributed by atoms with van der Waals surface area (Å²) in [6.07, 6.45) is 6.79. The third-order valence-electron chi connectivity index (χ3n) is 8.66. The highest BCUT2D eigenvalue weighted by Crippen LogP contribution is 2.27. The van der Waals surface area contributed by atoms with Crippen LogP contribution in [0.15, 0.2) is 12.1 Å². The summed E-state index contributed by atoms with van der Waals surface area (Å²) in [4.78, 5) is 49.6. The molecule has 14 nitrogen and oxygen atoms in total. The van der Waals surface area contributed by atoms with E-state index in [1.54, 1.807) is 12.1 Å². The van der Waals surface area contributed by atoms with E-state index in [9.17, 15) is 14.4 Å². The Morgan fingerprint density at radius 2 is 1.75 bits per heavy atom. The van der Waals surface area contributed by atoms with Crippen molar-refractivity contribution in [3.8, 4) is 5.75 Å². The van der Waals surface area contributed by atoms with Crippen LogP contribution in [0.4, 0.5) is 11.6 Å². The van der Waals surface area contributed by atoms with Gasteiger partial charge >= 0.3 is 0 Å². The Morgan fingerprint density at radius 3 is 2.42 bits per heavy atom. The van der Waals surface area contributed by atoms with Crippen molar-refractivity contribution in [1.29, 1.82) is 0 Å². The molecule has 3 heterocycles. The Labute approximate surface area is 286 Å². The van der Waals surface area contributed by atoms with Gasteiger partial charge in [-0.1, -0.05) is 37.8 Å². The molecule has 0 bridgehead atoms. The number of carbonyl (C=O) groups is 3. The third kappa shape index (κ3) is 8.84. The number of hydrogen-bond acceptors (Lipinski definition) is 9. The number of carbonyl (C=O) groups excluding carboxylic acids is 3. The molecule has 2 aromatic heterocycles. The summed E-state index contributed by atoms with van der Waals surface area (Å²) in [5, 5.41) is 8.71. The molecular weight excluding hydrogens is 636 g/mol. The Balaban J connectivity index is 1.51. The number of unbranched alkanes of at least 4 members (excludes halogenated alkanes) is 3. The van der Waals surface area contributed by atoms with Gasteiger partial charge in [0.05, 0.1) is 18.7 Å². The van der Waals surface area contributed by atoms with Crippen LogP contribution in [0, 0.1) is 0 Å². The zero-order valence-electron chi connectivity index (χ0n) is 28.5. The van der Waals surface area contributed by atoms with E-state index in [0.29, 0.717) is 30.9 Å². The molecule has 1 aromatic carbocycles. The highest BCUT2D eigenvalue weighted by atomic mass is 35.5. The molecule has 1 aliphatic heterocycles. The second kappa shape index (κ2) is 17.3. The molecule has 0 aliphatic carbocycles. The van der Waals surface area contributed by atoms with Crippen molar-refractivity contribution >= 4 is 52.0 Å². The van der Waals surface area contributed by atoms with Crippen molar-refractivity contribution in [3.63, 3.8) is 0 Å². The molecule has 262 valence electrons. The normalized spacial score (nSPS) is 13.9. The monoisotopic (exact) mass is 685 g/mol. The molecule has 0 atom stereocenters. The van der Waals surface area contributed by atoms with Crippen LogP contribution in [-0.2, 0) is 24.4 Å². The van der Waals surface area contributed by atoms with Crippen molar-refractivity contribution in [1.82, 2.24) is 35.4 Å². The number of aromatic nitrogens is 4. The van der Waals surface area contributed by atoms with E-state index in [4.69, 9.17) is 27.8 Å². The number of likely N-dealkylation sites (tertiary alicyclic amines) is 1. The van der Waals surface area contributed by atoms with Crippen LogP contribution in [0.25, 0.3) is 11.0 Å². The second-order valence-electron chi connectivity index (χ2n) is 12.0. The van der Waals surface area contributed by atoms with Gasteiger partial charge in [0.2, 0.25) is 0 Å². The van der Waals surface area contributed by atoms with Crippen LogP contribution in [0.5, 0.6) is 5.75 Å². The van der Waals surface area contributed by atoms with Gasteiger partial charge in [0, 0.05) is 37.8 Å². The van der Waals surface area contributed by atoms with Crippen LogP contribution >= 0.6 is 11.6 Å². The van der Waals surface area contributed by atoms with E-state index in [2.05, 4.69) is 37.7 Å². The highest BCUT2D eigenvalue weighted by Gasteiger charge is 2.29. The molecule has 4 rings (SSSR count). The minimum atomic E-state index is -0.562. The van der Waals surface area contributed by atoms with Gasteiger partial charge in [0.25, 0.3) is 23.5 Å². The number of amides is 3. The largest absolute Gasteiger partial charge is 0.483 e. The fourth-order valence-corrected chi connectivity index (χ4v) is 6.32. The molecule has 3 aromatic rings. The number of nitrogen functional groups attached to an aromatic ring is 2. The van der Waals surface area contributed by atoms with Crippen LogP contribution in [0.2, 0.25) is 5.15 Å². The molecule has 48 heavy (non-hydrogen) atoms. The number of anilines is 2. The molecule has 0 unspecified atom stereocenters. The van der Waals surface area contributed by atoms with Crippen LogP contribution in [0.3, 0.4) is 0 Å². The number of rotatable bonds is 16. The number of imidazole rings is 1. The summed E-state index contributed by atoms with van der Waals surface area (Å²) in [6.45, 7) is 12.5. The Kier molecular flexibility index (Phi) is 13.2. The number of hydrogen-bond donors (Lipinski definition) is 5. The van der Waals surface area contributed by atoms with E-state index >= 15 is 0 Å². The number of nitrogens with zero attached hydrogens (tertiary/aromatic N) is 5. The van der Waals surface area contributed by atoms with Gasteiger partial charge in [0.1, 0.15) is 12.3 Å². The zero-order chi connectivity index (χ0) is 34.8. The van der Waals surface area contributed by atoms with Crippen molar-refractivity contribution < 1.29 is 23.7 Å². The predicted molar refractivity (Wildman–Crippen MR) is 186 cm³/mol. The number of fused-ring (bicyclic) bond motifs is 1. The fourth-order valence-electron chi connectivity index (χ4n) is 6.19. The summed E-state index contributed by atoms with van der Waals surface area (Å²) < 4.78 is 10.1. The van der Waals surface area contributed by atoms with Gasteiger partial charge in [0.15, 0.2) is 40.1 Å². The lowest BCUT2D eigenvalue weighted by Gasteiger charge is -2.32. The van der Waals surface area contributed by atoms with Crippen LogP contribution < -0.4 is 36.7 Å². The first kappa shape index (κ1) is 36.7.